The van der Waals surface area contributed by atoms with Crippen LogP contribution in [0.3, 0.4) is 0 Å². The van der Waals surface area contributed by atoms with Gasteiger partial charge in [0, 0.05) is 12.8 Å². The molecule has 2 atom stereocenters. The molecule has 0 N–H and O–H groups in total. The second-order valence-corrected chi connectivity index (χ2v) is 13.5. The van der Waals surface area contributed by atoms with Crippen molar-refractivity contribution in [3.63, 3.8) is 0 Å². The van der Waals surface area contributed by atoms with E-state index in [0.29, 0.717) is 17.4 Å². The number of hydrogen-bond donors (Lipinski definition) is 0. The van der Waals surface area contributed by atoms with Gasteiger partial charge in [-0.05, 0) is 64.2 Å². The van der Waals surface area contributed by atoms with Crippen LogP contribution in [0.15, 0.2) is 48.6 Å². The molecule has 0 aromatic carbocycles. The van der Waals surface area contributed by atoms with Crippen LogP contribution in [0.5, 0.6) is 0 Å². The number of carbonyl (C=O) groups excluding carboxylic acids is 3. The molecule has 2 unspecified atom stereocenters. The highest BCUT2D eigenvalue weighted by molar-refractivity contribution is 5.70. The zero-order chi connectivity index (χ0) is 36.4. The van der Waals surface area contributed by atoms with Crippen molar-refractivity contribution in [2.24, 2.45) is 0 Å². The number of likely N-dealkylation sites (N-methyl/N-ethyl adjacent to an activating group) is 1. The molecule has 0 bridgehead atoms. The third kappa shape index (κ3) is 33.5. The molecule has 282 valence electrons. The highest BCUT2D eigenvalue weighted by Crippen LogP contribution is 2.11. The van der Waals surface area contributed by atoms with Crippen molar-refractivity contribution in [2.75, 3.05) is 47.5 Å². The molecule has 9 heteroatoms. The fraction of sp³-hybridized carbons (Fsp3) is 0.725. The second kappa shape index (κ2) is 32.5. The van der Waals surface area contributed by atoms with E-state index < -0.39 is 24.3 Å². The summed E-state index contributed by atoms with van der Waals surface area (Å²) in [5.41, 5.74) is 0. The average Bonchev–Trinajstić information content (AvgIpc) is 3.05. The number of aliphatic carboxylic acids is 1. The summed E-state index contributed by atoms with van der Waals surface area (Å²) >= 11 is 0. The topological polar surface area (TPSA) is 111 Å². The maximum Gasteiger partial charge on any atom is 0.306 e. The van der Waals surface area contributed by atoms with Crippen molar-refractivity contribution in [3.05, 3.63) is 48.6 Å². The number of hydrogen-bond acceptors (Lipinski definition) is 8. The van der Waals surface area contributed by atoms with Gasteiger partial charge in [-0.25, -0.2) is 0 Å². The Morgan fingerprint density at radius 3 is 1.78 bits per heavy atom. The summed E-state index contributed by atoms with van der Waals surface area (Å²) in [7, 11) is 5.87. The van der Waals surface area contributed by atoms with Crippen molar-refractivity contribution in [1.82, 2.24) is 0 Å². The van der Waals surface area contributed by atoms with Gasteiger partial charge in [0.1, 0.15) is 13.2 Å². The van der Waals surface area contributed by atoms with Gasteiger partial charge in [-0.1, -0.05) is 101 Å². The van der Waals surface area contributed by atoms with E-state index in [0.717, 1.165) is 83.5 Å². The third-order valence-electron chi connectivity index (χ3n) is 7.56. The maximum absolute atomic E-state index is 12.6. The summed E-state index contributed by atoms with van der Waals surface area (Å²) in [5, 5.41) is 11.6. The zero-order valence-corrected chi connectivity index (χ0v) is 31.5. The van der Waals surface area contributed by atoms with Crippen molar-refractivity contribution in [1.29, 1.82) is 0 Å². The lowest BCUT2D eigenvalue weighted by Gasteiger charge is -2.26. The summed E-state index contributed by atoms with van der Waals surface area (Å²) in [5.74, 6) is -2.35. The first kappa shape index (κ1) is 46.2. The minimum absolute atomic E-state index is 0.139. The Morgan fingerprint density at radius 2 is 1.16 bits per heavy atom. The number of ether oxygens (including phenoxy) is 4. The molecule has 0 spiro atoms. The largest absolute Gasteiger partial charge is 0.545 e. The molecule has 0 amide bonds. The fourth-order valence-electron chi connectivity index (χ4n) is 4.59. The smallest absolute Gasteiger partial charge is 0.306 e. The van der Waals surface area contributed by atoms with Crippen molar-refractivity contribution in [2.45, 2.75) is 142 Å². The molecule has 0 aliphatic heterocycles. The van der Waals surface area contributed by atoms with Crippen LogP contribution >= 0.6 is 0 Å². The van der Waals surface area contributed by atoms with Crippen molar-refractivity contribution >= 4 is 17.9 Å². The zero-order valence-electron chi connectivity index (χ0n) is 31.5. The lowest BCUT2D eigenvalue weighted by atomic mass is 10.1. The number of unbranched alkanes of at least 4 members (excludes halogenated alkanes) is 10. The SMILES string of the molecule is CC/C=C\C/C=C\C/C=C\CCCCCC(=O)OC(COC(=O)CCCCCCC/C=C\CCCC)COC(OCC[N+](C)(C)C)C(=O)[O-]. The van der Waals surface area contributed by atoms with E-state index in [4.69, 9.17) is 18.9 Å². The quantitative estimate of drug-likeness (QED) is 0.0228. The number of allylic oxidation sites excluding steroid dienone is 8. The van der Waals surface area contributed by atoms with Crippen LogP contribution in [0.25, 0.3) is 0 Å². The predicted octanol–water partition coefficient (Wildman–Crippen LogP) is 7.54. The van der Waals surface area contributed by atoms with E-state index in [1.54, 1.807) is 0 Å². The van der Waals surface area contributed by atoms with Gasteiger partial charge < -0.3 is 33.3 Å². The summed E-state index contributed by atoms with van der Waals surface area (Å²) in [6.07, 6.45) is 31.5. The molecule has 0 aromatic rings. The predicted molar refractivity (Wildman–Crippen MR) is 195 cm³/mol. The molecule has 0 radical (unpaired) electrons. The maximum atomic E-state index is 12.6. The Bertz CT molecular complexity index is 950. The fourth-order valence-corrected chi connectivity index (χ4v) is 4.59. The highest BCUT2D eigenvalue weighted by atomic mass is 16.7. The summed E-state index contributed by atoms with van der Waals surface area (Å²) in [4.78, 5) is 36.7. The molecule has 0 saturated carbocycles. The molecule has 0 aliphatic carbocycles. The summed E-state index contributed by atoms with van der Waals surface area (Å²) < 4.78 is 22.4. The molecular weight excluding hydrogens is 622 g/mol. The first-order valence-electron chi connectivity index (χ1n) is 18.8. The Hall–Kier alpha value is -2.75. The van der Waals surface area contributed by atoms with Gasteiger partial charge >= 0.3 is 11.9 Å². The lowest BCUT2D eigenvalue weighted by molar-refractivity contribution is -0.870. The lowest BCUT2D eigenvalue weighted by Crippen LogP contribution is -2.44. The van der Waals surface area contributed by atoms with Gasteiger partial charge in [0.25, 0.3) is 0 Å². The first-order chi connectivity index (χ1) is 23.6. The van der Waals surface area contributed by atoms with Crippen molar-refractivity contribution in [3.8, 4) is 0 Å². The number of esters is 2. The summed E-state index contributed by atoms with van der Waals surface area (Å²) in [6.45, 7) is 4.50. The summed E-state index contributed by atoms with van der Waals surface area (Å²) in [6, 6.07) is 0. The number of nitrogens with zero attached hydrogens (tertiary/aromatic N) is 1. The van der Waals surface area contributed by atoms with Gasteiger partial charge in [-0.3, -0.25) is 9.59 Å². The number of carboxylic acids is 1. The minimum Gasteiger partial charge on any atom is -0.545 e. The van der Waals surface area contributed by atoms with Crippen LogP contribution in [-0.2, 0) is 33.3 Å². The Morgan fingerprint density at radius 1 is 0.633 bits per heavy atom. The van der Waals surface area contributed by atoms with Crippen LogP contribution in [0.2, 0.25) is 0 Å². The van der Waals surface area contributed by atoms with E-state index in [1.165, 1.54) is 12.8 Å². The number of carboxylic acid groups (broad SMARTS) is 1. The average molecular weight is 692 g/mol. The Labute approximate surface area is 298 Å². The molecular formula is C40H69NO8. The van der Waals surface area contributed by atoms with E-state index in [-0.39, 0.29) is 38.6 Å². The van der Waals surface area contributed by atoms with Gasteiger partial charge in [0.05, 0.1) is 40.3 Å². The molecule has 0 fully saturated rings. The number of carbonyl (C=O) groups is 3. The van der Waals surface area contributed by atoms with Gasteiger partial charge in [0.15, 0.2) is 12.4 Å². The molecule has 49 heavy (non-hydrogen) atoms. The van der Waals surface area contributed by atoms with Crippen molar-refractivity contribution < 1.29 is 42.9 Å². The standard InChI is InChI=1S/C40H69NO8/c1-6-8-10-12-14-16-18-19-21-23-25-27-29-31-38(43)49-36(35-48-40(39(44)45)46-33-32-41(3,4)5)34-47-37(42)30-28-26-24-22-20-17-15-13-11-9-7-2/h8,10,13-16,19,21,36,40H,6-7,9,11-12,17-18,20,22-35H2,1-5H3/b10-8-,15-13-,16-14-,21-19-. The van der Waals surface area contributed by atoms with E-state index in [1.807, 2.05) is 21.1 Å². The number of rotatable bonds is 33. The van der Waals surface area contributed by atoms with Crippen LogP contribution < -0.4 is 5.11 Å². The van der Waals surface area contributed by atoms with Crippen LogP contribution in [0, 0.1) is 0 Å². The van der Waals surface area contributed by atoms with Crippen LogP contribution in [-0.4, -0.2) is 82.3 Å². The molecule has 0 aromatic heterocycles. The van der Waals surface area contributed by atoms with Gasteiger partial charge in [-0.15, -0.1) is 0 Å². The van der Waals surface area contributed by atoms with Crippen LogP contribution in [0.4, 0.5) is 0 Å². The molecule has 0 aliphatic rings. The molecule has 0 rings (SSSR count). The third-order valence-corrected chi connectivity index (χ3v) is 7.56. The van der Waals surface area contributed by atoms with E-state index in [9.17, 15) is 19.5 Å². The highest BCUT2D eigenvalue weighted by Gasteiger charge is 2.21. The van der Waals surface area contributed by atoms with Crippen LogP contribution in [0.1, 0.15) is 129 Å². The second-order valence-electron chi connectivity index (χ2n) is 13.5. The van der Waals surface area contributed by atoms with E-state index in [2.05, 4.69) is 62.5 Å². The van der Waals surface area contributed by atoms with Gasteiger partial charge in [-0.2, -0.15) is 0 Å². The van der Waals surface area contributed by atoms with Gasteiger partial charge in [0.2, 0.25) is 0 Å². The first-order valence-corrected chi connectivity index (χ1v) is 18.8. The van der Waals surface area contributed by atoms with E-state index >= 15 is 0 Å². The Kier molecular flexibility index (Phi) is 30.6. The minimum atomic E-state index is -1.63. The Balaban J connectivity index is 4.63. The normalized spacial score (nSPS) is 13.6. The monoisotopic (exact) mass is 692 g/mol. The molecule has 9 nitrogen and oxygen atoms in total. The molecule has 0 heterocycles. The number of quaternary nitrogens is 1. The molecule has 0 saturated heterocycles.